The van der Waals surface area contributed by atoms with Gasteiger partial charge in [0.2, 0.25) is 5.91 Å². The summed E-state index contributed by atoms with van der Waals surface area (Å²) in [7, 11) is 1.97. The average molecular weight is 273 g/mol. The van der Waals surface area contributed by atoms with Crippen LogP contribution in [0, 0.1) is 5.92 Å². The van der Waals surface area contributed by atoms with Crippen LogP contribution in [0.5, 0.6) is 0 Å². The van der Waals surface area contributed by atoms with Crippen molar-refractivity contribution >= 4 is 11.7 Å². The highest BCUT2D eigenvalue weighted by Gasteiger charge is 2.30. The van der Waals surface area contributed by atoms with Crippen molar-refractivity contribution in [1.29, 1.82) is 0 Å². The van der Waals surface area contributed by atoms with Crippen molar-refractivity contribution in [3.8, 4) is 0 Å². The van der Waals surface area contributed by atoms with Crippen molar-refractivity contribution in [3.05, 3.63) is 24.4 Å². The molecule has 1 aromatic rings. The zero-order chi connectivity index (χ0) is 13.9. The Balaban J connectivity index is 1.60. The Kier molecular flexibility index (Phi) is 3.90. The van der Waals surface area contributed by atoms with E-state index in [-0.39, 0.29) is 0 Å². The lowest BCUT2D eigenvalue weighted by atomic mass is 10.0. The first kappa shape index (κ1) is 13.4. The van der Waals surface area contributed by atoms with Gasteiger partial charge in [-0.25, -0.2) is 4.98 Å². The third kappa shape index (κ3) is 3.11. The number of rotatable bonds is 4. The Hall–Kier alpha value is -1.58. The molecule has 1 aromatic heterocycles. The fourth-order valence-electron chi connectivity index (χ4n) is 2.94. The number of aromatic nitrogens is 1. The Morgan fingerprint density at radius 2 is 2.25 bits per heavy atom. The van der Waals surface area contributed by atoms with Crippen LogP contribution in [0.3, 0.4) is 0 Å². The van der Waals surface area contributed by atoms with E-state index in [4.69, 9.17) is 0 Å². The lowest BCUT2D eigenvalue weighted by molar-refractivity contribution is -0.132. The molecule has 108 valence electrons. The van der Waals surface area contributed by atoms with Crippen LogP contribution in [0.1, 0.15) is 32.1 Å². The van der Waals surface area contributed by atoms with Crippen molar-refractivity contribution in [3.63, 3.8) is 0 Å². The number of carbonyl (C=O) groups is 1. The molecule has 1 aliphatic carbocycles. The molecular weight excluding hydrogens is 250 g/mol. The minimum atomic E-state index is 0.320. The third-order valence-corrected chi connectivity index (χ3v) is 4.47. The van der Waals surface area contributed by atoms with E-state index >= 15 is 0 Å². The summed E-state index contributed by atoms with van der Waals surface area (Å²) in [6.45, 7) is 1.95. The molecule has 1 saturated carbocycles. The molecule has 20 heavy (non-hydrogen) atoms. The molecule has 2 aliphatic rings. The zero-order valence-electron chi connectivity index (χ0n) is 12.2. The van der Waals surface area contributed by atoms with Gasteiger partial charge in [0.15, 0.2) is 0 Å². The van der Waals surface area contributed by atoms with Crippen LogP contribution in [0.2, 0.25) is 0 Å². The summed E-state index contributed by atoms with van der Waals surface area (Å²) in [6.07, 6.45) is 7.30. The van der Waals surface area contributed by atoms with Gasteiger partial charge in [0.05, 0.1) is 0 Å². The van der Waals surface area contributed by atoms with Crippen molar-refractivity contribution in [2.24, 2.45) is 5.92 Å². The summed E-state index contributed by atoms with van der Waals surface area (Å²) in [5.74, 6) is 2.01. The summed E-state index contributed by atoms with van der Waals surface area (Å²) in [5.41, 5.74) is 0. The molecule has 2 heterocycles. The largest absolute Gasteiger partial charge is 0.355 e. The molecule has 4 nitrogen and oxygen atoms in total. The molecular formula is C16H23N3O. The van der Waals surface area contributed by atoms with Gasteiger partial charge in [0.25, 0.3) is 0 Å². The average Bonchev–Trinajstić information content (AvgIpc) is 3.31. The van der Waals surface area contributed by atoms with E-state index in [9.17, 15) is 4.79 Å². The number of hydrogen-bond donors (Lipinski definition) is 0. The summed E-state index contributed by atoms with van der Waals surface area (Å²) in [5, 5.41) is 0. The molecule has 1 atom stereocenters. The van der Waals surface area contributed by atoms with Crippen molar-refractivity contribution in [2.45, 2.75) is 38.1 Å². The van der Waals surface area contributed by atoms with Crippen LogP contribution in [-0.2, 0) is 4.79 Å². The molecule has 3 rings (SSSR count). The molecule has 0 N–H and O–H groups in total. The highest BCUT2D eigenvalue weighted by molar-refractivity contribution is 5.76. The van der Waals surface area contributed by atoms with E-state index < -0.39 is 0 Å². The van der Waals surface area contributed by atoms with E-state index in [1.54, 1.807) is 0 Å². The highest BCUT2D eigenvalue weighted by atomic mass is 16.2. The van der Waals surface area contributed by atoms with Gasteiger partial charge >= 0.3 is 0 Å². The maximum Gasteiger partial charge on any atom is 0.222 e. The van der Waals surface area contributed by atoms with E-state index in [1.807, 2.05) is 36.3 Å². The van der Waals surface area contributed by atoms with E-state index in [2.05, 4.69) is 9.88 Å². The van der Waals surface area contributed by atoms with Crippen LogP contribution >= 0.6 is 0 Å². The van der Waals surface area contributed by atoms with Crippen molar-refractivity contribution in [1.82, 2.24) is 9.88 Å². The van der Waals surface area contributed by atoms with Gasteiger partial charge in [-0.2, -0.15) is 0 Å². The quantitative estimate of drug-likeness (QED) is 0.844. The zero-order valence-corrected chi connectivity index (χ0v) is 12.2. The highest BCUT2D eigenvalue weighted by Crippen LogP contribution is 2.33. The Bertz CT molecular complexity index is 458. The van der Waals surface area contributed by atoms with Crippen LogP contribution in [0.15, 0.2) is 24.4 Å². The van der Waals surface area contributed by atoms with Crippen LogP contribution < -0.4 is 4.90 Å². The van der Waals surface area contributed by atoms with Crippen LogP contribution in [0.25, 0.3) is 0 Å². The summed E-state index contributed by atoms with van der Waals surface area (Å²) < 4.78 is 0. The second-order valence-corrected chi connectivity index (χ2v) is 6.08. The number of hydrogen-bond acceptors (Lipinski definition) is 3. The Morgan fingerprint density at radius 1 is 1.40 bits per heavy atom. The van der Waals surface area contributed by atoms with Gasteiger partial charge in [-0.15, -0.1) is 0 Å². The maximum atomic E-state index is 12.2. The lowest BCUT2D eigenvalue weighted by Crippen LogP contribution is -2.48. The molecule has 0 spiro atoms. The topological polar surface area (TPSA) is 36.4 Å². The molecule has 1 aliphatic heterocycles. The van der Waals surface area contributed by atoms with Crippen LogP contribution in [0.4, 0.5) is 5.82 Å². The number of amides is 1. The minimum absolute atomic E-state index is 0.320. The molecule has 0 bridgehead atoms. The fourth-order valence-corrected chi connectivity index (χ4v) is 2.94. The normalized spacial score (nSPS) is 22.6. The molecule has 4 heteroatoms. The predicted octanol–water partition coefficient (Wildman–Crippen LogP) is 2.31. The molecule has 0 aromatic carbocycles. The number of likely N-dealkylation sites (N-methyl/N-ethyl adjacent to an activating group) is 1. The maximum absolute atomic E-state index is 12.2. The van der Waals surface area contributed by atoms with Gasteiger partial charge in [0.1, 0.15) is 5.82 Å². The molecule has 1 amide bonds. The molecule has 1 saturated heterocycles. The molecule has 2 fully saturated rings. The number of nitrogens with zero attached hydrogens (tertiary/aromatic N) is 3. The number of pyridine rings is 1. The fraction of sp³-hybridized carbons (Fsp3) is 0.625. The first-order valence-electron chi connectivity index (χ1n) is 7.65. The third-order valence-electron chi connectivity index (χ3n) is 4.47. The second-order valence-electron chi connectivity index (χ2n) is 6.08. The number of carbonyl (C=O) groups excluding carboxylic acids is 1. The minimum Gasteiger partial charge on any atom is -0.355 e. The van der Waals surface area contributed by atoms with Crippen molar-refractivity contribution < 1.29 is 4.79 Å². The monoisotopic (exact) mass is 273 g/mol. The predicted molar refractivity (Wildman–Crippen MR) is 79.6 cm³/mol. The summed E-state index contributed by atoms with van der Waals surface area (Å²) in [6, 6.07) is 6.34. The van der Waals surface area contributed by atoms with Gasteiger partial charge in [0, 0.05) is 38.8 Å². The summed E-state index contributed by atoms with van der Waals surface area (Å²) >= 11 is 0. The van der Waals surface area contributed by atoms with E-state index in [0.717, 1.165) is 38.2 Å². The smallest absolute Gasteiger partial charge is 0.222 e. The Morgan fingerprint density at radius 3 is 2.95 bits per heavy atom. The van der Waals surface area contributed by atoms with Gasteiger partial charge < -0.3 is 9.80 Å². The number of piperidine rings is 1. The van der Waals surface area contributed by atoms with Gasteiger partial charge in [-0.1, -0.05) is 6.07 Å². The van der Waals surface area contributed by atoms with Gasteiger partial charge in [-0.05, 0) is 43.7 Å². The van der Waals surface area contributed by atoms with E-state index in [0.29, 0.717) is 17.9 Å². The van der Waals surface area contributed by atoms with Crippen LogP contribution in [-0.4, -0.2) is 42.0 Å². The number of anilines is 1. The molecule has 0 unspecified atom stereocenters. The SMILES string of the molecule is CN(C(=O)CC1CC1)[C@@H]1CCCN(c2ccccn2)C1. The summed E-state index contributed by atoms with van der Waals surface area (Å²) in [4.78, 5) is 20.9. The lowest BCUT2D eigenvalue weighted by Gasteiger charge is -2.38. The second kappa shape index (κ2) is 5.81. The first-order chi connectivity index (χ1) is 9.74. The van der Waals surface area contributed by atoms with E-state index in [1.165, 1.54) is 12.8 Å². The molecule has 0 radical (unpaired) electrons. The first-order valence-corrected chi connectivity index (χ1v) is 7.65. The Labute approximate surface area is 120 Å². The van der Waals surface area contributed by atoms with Crippen molar-refractivity contribution in [2.75, 3.05) is 25.0 Å². The van der Waals surface area contributed by atoms with Gasteiger partial charge in [-0.3, -0.25) is 4.79 Å². The standard InChI is InChI=1S/C16H23N3O/c1-18(16(20)11-13-7-8-13)14-5-4-10-19(12-14)15-6-2-3-9-17-15/h2-3,6,9,13-14H,4-5,7-8,10-12H2,1H3/t14-/m1/s1.